The van der Waals surface area contributed by atoms with Crippen molar-refractivity contribution in [3.05, 3.63) is 43.0 Å². The molecule has 2 rings (SSSR count). The van der Waals surface area contributed by atoms with Crippen LogP contribution in [-0.2, 0) is 0 Å². The summed E-state index contributed by atoms with van der Waals surface area (Å²) in [6.07, 6.45) is 0. The lowest BCUT2D eigenvalue weighted by atomic mass is 10.2. The van der Waals surface area contributed by atoms with Crippen molar-refractivity contribution in [1.82, 2.24) is 0 Å². The summed E-state index contributed by atoms with van der Waals surface area (Å²) in [6, 6.07) is 7.25. The van der Waals surface area contributed by atoms with Gasteiger partial charge in [-0.25, -0.2) is 0 Å². The van der Waals surface area contributed by atoms with Crippen LogP contribution in [0.4, 0.5) is 11.4 Å². The molecule has 2 aromatic rings. The van der Waals surface area contributed by atoms with Crippen molar-refractivity contribution in [2.45, 2.75) is 6.92 Å². The predicted octanol–water partition coefficient (Wildman–Crippen LogP) is 4.42. The van der Waals surface area contributed by atoms with E-state index in [2.05, 4.69) is 37.2 Å². The molecule has 0 radical (unpaired) electrons. The van der Waals surface area contributed by atoms with Crippen LogP contribution >= 0.6 is 43.2 Å². The number of nitrogen functional groups attached to an aromatic ring is 1. The number of amides is 1. The molecule has 0 unspecified atom stereocenters. The number of carbonyl (C=O) groups excluding carboxylic acids is 1. The SMILES string of the molecule is Cc1cc(Br)c(NC(=O)c2ccc(Br)s2)cc1N. The average Bonchev–Trinajstić information content (AvgIpc) is 2.73. The van der Waals surface area contributed by atoms with E-state index in [0.29, 0.717) is 16.3 Å². The Kier molecular flexibility index (Phi) is 4.09. The molecule has 1 aromatic heterocycles. The van der Waals surface area contributed by atoms with E-state index in [-0.39, 0.29) is 5.91 Å². The van der Waals surface area contributed by atoms with E-state index in [4.69, 9.17) is 5.73 Å². The van der Waals surface area contributed by atoms with Gasteiger partial charge in [0, 0.05) is 10.2 Å². The van der Waals surface area contributed by atoms with Gasteiger partial charge in [-0.2, -0.15) is 0 Å². The molecule has 1 amide bonds. The third kappa shape index (κ3) is 2.93. The molecule has 6 heteroatoms. The van der Waals surface area contributed by atoms with Crippen LogP contribution in [0.5, 0.6) is 0 Å². The van der Waals surface area contributed by atoms with Crippen molar-refractivity contribution in [3.8, 4) is 0 Å². The molecule has 0 fully saturated rings. The summed E-state index contributed by atoms with van der Waals surface area (Å²) in [5.41, 5.74) is 8.13. The van der Waals surface area contributed by atoms with Gasteiger partial charge in [0.1, 0.15) is 0 Å². The van der Waals surface area contributed by atoms with Crippen LogP contribution in [0.15, 0.2) is 32.5 Å². The number of aryl methyl sites for hydroxylation is 1. The highest BCUT2D eigenvalue weighted by Crippen LogP contribution is 2.29. The zero-order valence-corrected chi connectivity index (χ0v) is 13.4. The first-order valence-corrected chi connectivity index (χ1v) is 7.50. The zero-order valence-electron chi connectivity index (χ0n) is 9.46. The third-order valence-electron chi connectivity index (χ3n) is 2.40. The number of carbonyl (C=O) groups is 1. The first-order valence-electron chi connectivity index (χ1n) is 5.09. The minimum Gasteiger partial charge on any atom is -0.398 e. The Hall–Kier alpha value is -0.850. The fraction of sp³-hybridized carbons (Fsp3) is 0.0833. The van der Waals surface area contributed by atoms with Gasteiger partial charge in [-0.1, -0.05) is 0 Å². The van der Waals surface area contributed by atoms with Crippen LogP contribution in [0, 0.1) is 6.92 Å². The lowest BCUT2D eigenvalue weighted by molar-refractivity contribution is 0.103. The lowest BCUT2D eigenvalue weighted by Gasteiger charge is -2.09. The molecule has 0 bridgehead atoms. The van der Waals surface area contributed by atoms with Gasteiger partial charge in [-0.05, 0) is 68.6 Å². The van der Waals surface area contributed by atoms with Crippen LogP contribution in [0.25, 0.3) is 0 Å². The molecule has 18 heavy (non-hydrogen) atoms. The van der Waals surface area contributed by atoms with Crippen molar-refractivity contribution >= 4 is 60.5 Å². The number of benzene rings is 1. The number of hydrogen-bond donors (Lipinski definition) is 2. The smallest absolute Gasteiger partial charge is 0.265 e. The van der Waals surface area contributed by atoms with Crippen molar-refractivity contribution in [2.24, 2.45) is 0 Å². The summed E-state index contributed by atoms with van der Waals surface area (Å²) < 4.78 is 1.74. The molecule has 1 aromatic carbocycles. The number of halogens is 2. The summed E-state index contributed by atoms with van der Waals surface area (Å²) in [5, 5.41) is 2.83. The third-order valence-corrected chi connectivity index (χ3v) is 4.68. The Morgan fingerprint density at radius 3 is 2.67 bits per heavy atom. The normalized spacial score (nSPS) is 10.4. The van der Waals surface area contributed by atoms with Crippen molar-refractivity contribution in [2.75, 3.05) is 11.1 Å². The Balaban J connectivity index is 2.24. The highest BCUT2D eigenvalue weighted by molar-refractivity contribution is 9.11. The number of hydrogen-bond acceptors (Lipinski definition) is 3. The van der Waals surface area contributed by atoms with Gasteiger partial charge >= 0.3 is 0 Å². The van der Waals surface area contributed by atoms with Gasteiger partial charge in [0.05, 0.1) is 14.4 Å². The topological polar surface area (TPSA) is 55.1 Å². The first kappa shape index (κ1) is 13.6. The summed E-state index contributed by atoms with van der Waals surface area (Å²) in [7, 11) is 0. The molecular weight excluding hydrogens is 380 g/mol. The van der Waals surface area contributed by atoms with E-state index in [1.165, 1.54) is 11.3 Å². The highest BCUT2D eigenvalue weighted by Gasteiger charge is 2.11. The number of nitrogens with one attached hydrogen (secondary N) is 1. The minimum atomic E-state index is -0.144. The second-order valence-corrected chi connectivity index (χ2v) is 7.06. The lowest BCUT2D eigenvalue weighted by Crippen LogP contribution is -2.11. The molecule has 3 N–H and O–H groups in total. The molecule has 0 aliphatic carbocycles. The van der Waals surface area contributed by atoms with Crippen LogP contribution in [0.3, 0.4) is 0 Å². The second kappa shape index (κ2) is 5.42. The predicted molar refractivity (Wildman–Crippen MR) is 83.3 cm³/mol. The quantitative estimate of drug-likeness (QED) is 0.747. The van der Waals surface area contributed by atoms with E-state index in [1.807, 2.05) is 19.1 Å². The van der Waals surface area contributed by atoms with Crippen LogP contribution < -0.4 is 11.1 Å². The molecule has 0 saturated carbocycles. The Labute approximate surface area is 126 Å². The molecule has 0 saturated heterocycles. The number of rotatable bonds is 2. The minimum absolute atomic E-state index is 0.144. The summed E-state index contributed by atoms with van der Waals surface area (Å²) >= 11 is 8.13. The maximum Gasteiger partial charge on any atom is 0.265 e. The van der Waals surface area contributed by atoms with Crippen LogP contribution in [-0.4, -0.2) is 5.91 Å². The van der Waals surface area contributed by atoms with E-state index < -0.39 is 0 Å². The van der Waals surface area contributed by atoms with E-state index >= 15 is 0 Å². The van der Waals surface area contributed by atoms with Crippen molar-refractivity contribution in [3.63, 3.8) is 0 Å². The molecular formula is C12H10Br2N2OS. The standard InChI is InChI=1S/C12H10Br2N2OS/c1-6-4-7(13)9(5-8(6)15)16-12(17)10-2-3-11(14)18-10/h2-5H,15H2,1H3,(H,16,17). The highest BCUT2D eigenvalue weighted by atomic mass is 79.9. The van der Waals surface area contributed by atoms with Crippen LogP contribution in [0.2, 0.25) is 0 Å². The molecule has 0 aliphatic rings. The van der Waals surface area contributed by atoms with Gasteiger partial charge < -0.3 is 11.1 Å². The van der Waals surface area contributed by atoms with E-state index in [0.717, 1.165) is 13.8 Å². The molecule has 94 valence electrons. The largest absolute Gasteiger partial charge is 0.398 e. The fourth-order valence-electron chi connectivity index (χ4n) is 1.41. The summed E-state index contributed by atoms with van der Waals surface area (Å²) in [5.74, 6) is -0.144. The number of anilines is 2. The van der Waals surface area contributed by atoms with Crippen molar-refractivity contribution in [1.29, 1.82) is 0 Å². The maximum atomic E-state index is 12.0. The molecule has 0 spiro atoms. The molecule has 0 atom stereocenters. The fourth-order valence-corrected chi connectivity index (χ4v) is 3.24. The zero-order chi connectivity index (χ0) is 13.3. The molecule has 1 heterocycles. The van der Waals surface area contributed by atoms with Gasteiger partial charge in [0.25, 0.3) is 5.91 Å². The van der Waals surface area contributed by atoms with Gasteiger partial charge in [-0.15, -0.1) is 11.3 Å². The first-order chi connectivity index (χ1) is 8.47. The van der Waals surface area contributed by atoms with Gasteiger partial charge in [0.15, 0.2) is 0 Å². The summed E-state index contributed by atoms with van der Waals surface area (Å²) in [4.78, 5) is 12.6. The second-order valence-electron chi connectivity index (χ2n) is 3.75. The van der Waals surface area contributed by atoms with Crippen molar-refractivity contribution < 1.29 is 4.79 Å². The Morgan fingerprint density at radius 2 is 2.06 bits per heavy atom. The monoisotopic (exact) mass is 388 g/mol. The number of nitrogens with two attached hydrogens (primary N) is 1. The molecule has 3 nitrogen and oxygen atoms in total. The van der Waals surface area contributed by atoms with E-state index in [1.54, 1.807) is 12.1 Å². The molecule has 0 aliphatic heterocycles. The van der Waals surface area contributed by atoms with Crippen LogP contribution in [0.1, 0.15) is 15.2 Å². The van der Waals surface area contributed by atoms with E-state index in [9.17, 15) is 4.79 Å². The number of thiophene rings is 1. The Bertz CT molecular complexity index is 610. The maximum absolute atomic E-state index is 12.0. The van der Waals surface area contributed by atoms with Gasteiger partial charge in [-0.3, -0.25) is 4.79 Å². The summed E-state index contributed by atoms with van der Waals surface area (Å²) in [6.45, 7) is 1.92. The Morgan fingerprint density at radius 1 is 1.33 bits per heavy atom. The van der Waals surface area contributed by atoms with Gasteiger partial charge in [0.2, 0.25) is 0 Å². The average molecular weight is 390 g/mol.